The molecule has 0 aromatic heterocycles. The van der Waals surface area contributed by atoms with Crippen LogP contribution >= 0.6 is 0 Å². The molecule has 0 bridgehead atoms. The number of hydrogen-bond acceptors (Lipinski definition) is 5. The zero-order chi connectivity index (χ0) is 14.3. The highest BCUT2D eigenvalue weighted by atomic mass is 16.5. The van der Waals surface area contributed by atoms with Gasteiger partial charge in [0.1, 0.15) is 0 Å². The maximum Gasteiger partial charge on any atom is 0.0701 e. The third-order valence-electron chi connectivity index (χ3n) is 2.91. The molecule has 0 aliphatic heterocycles. The van der Waals surface area contributed by atoms with Gasteiger partial charge in [0.2, 0.25) is 0 Å². The molecule has 0 saturated carbocycles. The van der Waals surface area contributed by atoms with Crippen LogP contribution in [0.15, 0.2) is 0 Å². The molecule has 4 N–H and O–H groups in total. The van der Waals surface area contributed by atoms with Gasteiger partial charge in [0.05, 0.1) is 26.4 Å². The average molecular weight is 276 g/mol. The molecular weight excluding hydrogens is 244 g/mol. The molecule has 0 fully saturated rings. The molecule has 0 aromatic rings. The molecule has 0 heterocycles. The lowest BCUT2D eigenvalue weighted by Gasteiger charge is -2.10. The smallest absolute Gasteiger partial charge is 0.0701 e. The lowest BCUT2D eigenvalue weighted by atomic mass is 10.2. The second-order valence-corrected chi connectivity index (χ2v) is 4.81. The van der Waals surface area contributed by atoms with Gasteiger partial charge in [-0.15, -0.1) is 0 Å². The molecule has 5 heteroatoms. The van der Waals surface area contributed by atoms with Gasteiger partial charge in [0, 0.05) is 25.3 Å². The van der Waals surface area contributed by atoms with Crippen LogP contribution in [-0.4, -0.2) is 51.7 Å². The highest BCUT2D eigenvalue weighted by Crippen LogP contribution is 1.94. The fourth-order valence-corrected chi connectivity index (χ4v) is 1.33. The number of rotatable bonds is 14. The normalized spacial score (nSPS) is 14.5. The van der Waals surface area contributed by atoms with Crippen molar-refractivity contribution in [1.82, 2.24) is 0 Å². The summed E-state index contributed by atoms with van der Waals surface area (Å²) in [5.41, 5.74) is 11.5. The average Bonchev–Trinajstić information content (AvgIpc) is 2.43. The van der Waals surface area contributed by atoms with Crippen LogP contribution in [0.3, 0.4) is 0 Å². The zero-order valence-electron chi connectivity index (χ0n) is 12.6. The van der Waals surface area contributed by atoms with Crippen LogP contribution in [0.2, 0.25) is 0 Å². The van der Waals surface area contributed by atoms with E-state index in [1.807, 2.05) is 0 Å². The third-order valence-corrected chi connectivity index (χ3v) is 2.91. The lowest BCUT2D eigenvalue weighted by molar-refractivity contribution is 0.0379. The molecule has 0 saturated heterocycles. The maximum atomic E-state index is 5.74. The first kappa shape index (κ1) is 18.8. The molecule has 0 amide bonds. The fourth-order valence-electron chi connectivity index (χ4n) is 1.33. The molecule has 0 rings (SSSR count). The summed E-state index contributed by atoms with van der Waals surface area (Å²) < 4.78 is 16.3. The van der Waals surface area contributed by atoms with Crippen molar-refractivity contribution in [1.29, 1.82) is 0 Å². The first-order valence-electron chi connectivity index (χ1n) is 7.45. The van der Waals surface area contributed by atoms with Gasteiger partial charge in [-0.3, -0.25) is 0 Å². The second-order valence-electron chi connectivity index (χ2n) is 4.81. The molecule has 5 nitrogen and oxygen atoms in total. The summed E-state index contributed by atoms with van der Waals surface area (Å²) in [6.45, 7) is 8.17. The van der Waals surface area contributed by atoms with Crippen molar-refractivity contribution in [3.8, 4) is 0 Å². The SMILES string of the molecule is CCC(N)COCCCCOCCOCC(N)CC. The van der Waals surface area contributed by atoms with Gasteiger partial charge >= 0.3 is 0 Å². The van der Waals surface area contributed by atoms with E-state index in [0.717, 1.165) is 38.9 Å². The van der Waals surface area contributed by atoms with E-state index in [4.69, 9.17) is 25.7 Å². The molecular formula is C14H32N2O3. The van der Waals surface area contributed by atoms with Crippen LogP contribution in [0.4, 0.5) is 0 Å². The molecule has 0 radical (unpaired) electrons. The van der Waals surface area contributed by atoms with E-state index in [1.165, 1.54) is 0 Å². The number of nitrogens with two attached hydrogens (primary N) is 2. The molecule has 116 valence electrons. The summed E-state index contributed by atoms with van der Waals surface area (Å²) >= 11 is 0. The van der Waals surface area contributed by atoms with Crippen LogP contribution in [0.5, 0.6) is 0 Å². The van der Waals surface area contributed by atoms with E-state index in [-0.39, 0.29) is 12.1 Å². The van der Waals surface area contributed by atoms with Crippen LogP contribution in [0.25, 0.3) is 0 Å². The predicted octanol–water partition coefficient (Wildman–Crippen LogP) is 1.29. The van der Waals surface area contributed by atoms with Gasteiger partial charge in [-0.05, 0) is 25.7 Å². The summed E-state index contributed by atoms with van der Waals surface area (Å²) in [5, 5.41) is 0. The van der Waals surface area contributed by atoms with Gasteiger partial charge in [0.25, 0.3) is 0 Å². The fraction of sp³-hybridized carbons (Fsp3) is 1.00. The molecule has 0 aromatic carbocycles. The Hall–Kier alpha value is -0.200. The predicted molar refractivity (Wildman–Crippen MR) is 78.2 cm³/mol. The van der Waals surface area contributed by atoms with Crippen LogP contribution in [-0.2, 0) is 14.2 Å². The Labute approximate surface area is 118 Å². The Morgan fingerprint density at radius 3 is 1.63 bits per heavy atom. The molecule has 0 aliphatic carbocycles. The molecule has 2 atom stereocenters. The Morgan fingerprint density at radius 2 is 1.11 bits per heavy atom. The summed E-state index contributed by atoms with van der Waals surface area (Å²) in [5.74, 6) is 0. The number of hydrogen-bond donors (Lipinski definition) is 2. The highest BCUT2D eigenvalue weighted by molar-refractivity contribution is 4.55. The van der Waals surface area contributed by atoms with Crippen molar-refractivity contribution in [3.05, 3.63) is 0 Å². The second kappa shape index (κ2) is 14.2. The Bertz CT molecular complexity index is 164. The van der Waals surface area contributed by atoms with Gasteiger partial charge in [-0.25, -0.2) is 0 Å². The van der Waals surface area contributed by atoms with E-state index in [1.54, 1.807) is 0 Å². The van der Waals surface area contributed by atoms with Gasteiger partial charge in [-0.2, -0.15) is 0 Å². The minimum absolute atomic E-state index is 0.145. The zero-order valence-corrected chi connectivity index (χ0v) is 12.6. The van der Waals surface area contributed by atoms with Crippen molar-refractivity contribution in [2.45, 2.75) is 51.6 Å². The summed E-state index contributed by atoms with van der Waals surface area (Å²) in [6.07, 6.45) is 3.93. The summed E-state index contributed by atoms with van der Waals surface area (Å²) in [7, 11) is 0. The molecule has 19 heavy (non-hydrogen) atoms. The van der Waals surface area contributed by atoms with Gasteiger partial charge in [-0.1, -0.05) is 13.8 Å². The Balaban J connectivity index is 3.03. The van der Waals surface area contributed by atoms with Crippen molar-refractivity contribution in [2.75, 3.05) is 39.6 Å². The van der Waals surface area contributed by atoms with Crippen LogP contribution in [0, 0.1) is 0 Å². The van der Waals surface area contributed by atoms with Crippen molar-refractivity contribution in [3.63, 3.8) is 0 Å². The first-order valence-corrected chi connectivity index (χ1v) is 7.45. The van der Waals surface area contributed by atoms with Crippen LogP contribution < -0.4 is 11.5 Å². The quantitative estimate of drug-likeness (QED) is 0.467. The number of ether oxygens (including phenoxy) is 3. The standard InChI is InChI=1S/C14H32N2O3/c1-3-13(15)11-18-8-6-5-7-17-9-10-19-12-14(16)4-2/h13-14H,3-12,15-16H2,1-2H3. The topological polar surface area (TPSA) is 79.7 Å². The third kappa shape index (κ3) is 14.0. The van der Waals surface area contributed by atoms with E-state index in [9.17, 15) is 0 Å². The van der Waals surface area contributed by atoms with Crippen LogP contribution in [0.1, 0.15) is 39.5 Å². The van der Waals surface area contributed by atoms with E-state index in [0.29, 0.717) is 26.4 Å². The van der Waals surface area contributed by atoms with Crippen molar-refractivity contribution >= 4 is 0 Å². The summed E-state index contributed by atoms with van der Waals surface area (Å²) in [4.78, 5) is 0. The minimum Gasteiger partial charge on any atom is -0.380 e. The van der Waals surface area contributed by atoms with E-state index in [2.05, 4.69) is 13.8 Å². The molecule has 0 spiro atoms. The molecule has 0 aliphatic rings. The lowest BCUT2D eigenvalue weighted by Crippen LogP contribution is -2.26. The molecule has 2 unspecified atom stereocenters. The Kier molecular flexibility index (Phi) is 14.1. The minimum atomic E-state index is 0.145. The van der Waals surface area contributed by atoms with Gasteiger partial charge in [0.15, 0.2) is 0 Å². The highest BCUT2D eigenvalue weighted by Gasteiger charge is 1.99. The number of unbranched alkanes of at least 4 members (excludes halogenated alkanes) is 1. The maximum absolute atomic E-state index is 5.74. The Morgan fingerprint density at radius 1 is 0.684 bits per heavy atom. The van der Waals surface area contributed by atoms with Crippen molar-refractivity contribution in [2.24, 2.45) is 11.5 Å². The van der Waals surface area contributed by atoms with Gasteiger partial charge < -0.3 is 25.7 Å². The van der Waals surface area contributed by atoms with E-state index < -0.39 is 0 Å². The first-order chi connectivity index (χ1) is 9.20. The van der Waals surface area contributed by atoms with E-state index >= 15 is 0 Å². The van der Waals surface area contributed by atoms with Crippen molar-refractivity contribution < 1.29 is 14.2 Å². The largest absolute Gasteiger partial charge is 0.380 e. The summed E-state index contributed by atoms with van der Waals surface area (Å²) in [6, 6.07) is 0.314. The monoisotopic (exact) mass is 276 g/mol.